The molecule has 1 aromatic heterocycles. The Balaban J connectivity index is 1.94. The molecule has 3 aromatic rings. The maximum Gasteiger partial charge on any atom is 0.158 e. The van der Waals surface area contributed by atoms with Crippen molar-refractivity contribution in [2.45, 2.75) is 19.6 Å². The van der Waals surface area contributed by atoms with Crippen molar-refractivity contribution in [3.8, 4) is 0 Å². The van der Waals surface area contributed by atoms with E-state index in [9.17, 15) is 9.50 Å². The molecule has 0 radical (unpaired) electrons. The van der Waals surface area contributed by atoms with Crippen molar-refractivity contribution < 1.29 is 14.1 Å². The first-order valence-electron chi connectivity index (χ1n) is 7.61. The summed E-state index contributed by atoms with van der Waals surface area (Å²) in [4.78, 5) is 2.00. The van der Waals surface area contributed by atoms with E-state index in [2.05, 4.69) is 10.3 Å². The SMILES string of the molecule is CC(O)C=Cc1cc(N(C)Cc2ccc(F)cc2)c2nonc2c1. The summed E-state index contributed by atoms with van der Waals surface area (Å²) in [7, 11) is 1.93. The van der Waals surface area contributed by atoms with Crippen molar-refractivity contribution in [1.82, 2.24) is 10.3 Å². The molecule has 24 heavy (non-hydrogen) atoms. The van der Waals surface area contributed by atoms with Crippen molar-refractivity contribution in [2.75, 3.05) is 11.9 Å². The van der Waals surface area contributed by atoms with Crippen LogP contribution in [0.5, 0.6) is 0 Å². The number of hydrogen-bond acceptors (Lipinski definition) is 5. The van der Waals surface area contributed by atoms with Crippen LogP contribution >= 0.6 is 0 Å². The second-order valence-corrected chi connectivity index (χ2v) is 5.75. The van der Waals surface area contributed by atoms with E-state index in [1.807, 2.05) is 30.2 Å². The predicted octanol–water partition coefficient (Wildman–Crippen LogP) is 3.39. The number of rotatable bonds is 5. The molecule has 0 fully saturated rings. The average molecular weight is 327 g/mol. The van der Waals surface area contributed by atoms with Crippen LogP contribution in [-0.2, 0) is 6.54 Å². The van der Waals surface area contributed by atoms with E-state index in [1.165, 1.54) is 12.1 Å². The van der Waals surface area contributed by atoms with E-state index in [1.54, 1.807) is 25.1 Å². The lowest BCUT2D eigenvalue weighted by molar-refractivity contribution is 0.245. The zero-order chi connectivity index (χ0) is 17.1. The van der Waals surface area contributed by atoms with E-state index >= 15 is 0 Å². The van der Waals surface area contributed by atoms with E-state index in [-0.39, 0.29) is 5.82 Å². The van der Waals surface area contributed by atoms with Crippen LogP contribution in [0.1, 0.15) is 18.1 Å². The van der Waals surface area contributed by atoms with Gasteiger partial charge in [0.1, 0.15) is 11.3 Å². The monoisotopic (exact) mass is 327 g/mol. The summed E-state index contributed by atoms with van der Waals surface area (Å²) < 4.78 is 17.9. The Morgan fingerprint density at radius 2 is 2.00 bits per heavy atom. The van der Waals surface area contributed by atoms with Crippen LogP contribution in [0, 0.1) is 5.82 Å². The molecule has 0 saturated heterocycles. The molecule has 0 aliphatic rings. The van der Waals surface area contributed by atoms with Crippen molar-refractivity contribution >= 4 is 22.8 Å². The Labute approximate surface area is 139 Å². The third-order valence-corrected chi connectivity index (χ3v) is 3.67. The first-order chi connectivity index (χ1) is 11.5. The molecule has 6 heteroatoms. The van der Waals surface area contributed by atoms with Crippen LogP contribution in [0.2, 0.25) is 0 Å². The van der Waals surface area contributed by atoms with Gasteiger partial charge in [-0.15, -0.1) is 0 Å². The summed E-state index contributed by atoms with van der Waals surface area (Å²) in [5, 5.41) is 17.3. The summed E-state index contributed by atoms with van der Waals surface area (Å²) in [6, 6.07) is 10.2. The van der Waals surface area contributed by atoms with E-state index in [0.29, 0.717) is 17.6 Å². The second-order valence-electron chi connectivity index (χ2n) is 5.75. The second kappa shape index (κ2) is 6.80. The van der Waals surface area contributed by atoms with Gasteiger partial charge in [0.2, 0.25) is 0 Å². The Morgan fingerprint density at radius 3 is 2.71 bits per heavy atom. The van der Waals surface area contributed by atoms with Gasteiger partial charge in [0.25, 0.3) is 0 Å². The molecule has 0 bridgehead atoms. The number of nitrogens with zero attached hydrogens (tertiary/aromatic N) is 3. The van der Waals surface area contributed by atoms with Gasteiger partial charge in [0.15, 0.2) is 5.52 Å². The number of aliphatic hydroxyl groups is 1. The first-order valence-corrected chi connectivity index (χ1v) is 7.61. The maximum atomic E-state index is 13.0. The smallest absolute Gasteiger partial charge is 0.158 e. The zero-order valence-corrected chi connectivity index (χ0v) is 13.5. The number of fused-ring (bicyclic) bond motifs is 1. The van der Waals surface area contributed by atoms with Gasteiger partial charge >= 0.3 is 0 Å². The van der Waals surface area contributed by atoms with Crippen LogP contribution < -0.4 is 4.90 Å². The summed E-state index contributed by atoms with van der Waals surface area (Å²) in [6.45, 7) is 2.28. The predicted molar refractivity (Wildman–Crippen MR) is 91.0 cm³/mol. The summed E-state index contributed by atoms with van der Waals surface area (Å²) in [5.41, 5.74) is 4.02. The lowest BCUT2D eigenvalue weighted by Crippen LogP contribution is -2.17. The zero-order valence-electron chi connectivity index (χ0n) is 13.5. The number of aliphatic hydroxyl groups excluding tert-OH is 1. The van der Waals surface area contributed by atoms with Crippen LogP contribution in [-0.4, -0.2) is 28.6 Å². The largest absolute Gasteiger partial charge is 0.389 e. The van der Waals surface area contributed by atoms with Gasteiger partial charge in [0.05, 0.1) is 11.8 Å². The Kier molecular flexibility index (Phi) is 4.57. The molecular formula is C18H18FN3O2. The lowest BCUT2D eigenvalue weighted by atomic mass is 10.1. The molecule has 0 saturated carbocycles. The molecular weight excluding hydrogens is 309 g/mol. The van der Waals surface area contributed by atoms with Crippen LogP contribution in [0.15, 0.2) is 47.1 Å². The molecule has 0 aliphatic heterocycles. The number of halogens is 1. The maximum absolute atomic E-state index is 13.0. The molecule has 1 unspecified atom stereocenters. The molecule has 124 valence electrons. The Hall–Kier alpha value is -2.73. The highest BCUT2D eigenvalue weighted by atomic mass is 19.1. The molecule has 0 amide bonds. The first kappa shape index (κ1) is 16.1. The quantitative estimate of drug-likeness (QED) is 0.778. The van der Waals surface area contributed by atoms with Gasteiger partial charge in [-0.25, -0.2) is 9.02 Å². The molecule has 1 atom stereocenters. The minimum absolute atomic E-state index is 0.255. The van der Waals surface area contributed by atoms with Crippen LogP contribution in [0.4, 0.5) is 10.1 Å². The third-order valence-electron chi connectivity index (χ3n) is 3.67. The molecule has 3 rings (SSSR count). The third kappa shape index (κ3) is 3.60. The van der Waals surface area contributed by atoms with Crippen LogP contribution in [0.25, 0.3) is 17.1 Å². The molecule has 0 spiro atoms. The molecule has 1 heterocycles. The molecule has 1 N–H and O–H groups in total. The highest BCUT2D eigenvalue weighted by molar-refractivity contribution is 5.90. The average Bonchev–Trinajstić information content (AvgIpc) is 3.02. The fourth-order valence-electron chi connectivity index (χ4n) is 2.48. The number of benzene rings is 2. The van der Waals surface area contributed by atoms with E-state index in [0.717, 1.165) is 16.8 Å². The number of hydrogen-bond donors (Lipinski definition) is 1. The van der Waals surface area contributed by atoms with Gasteiger partial charge < -0.3 is 10.0 Å². The highest BCUT2D eigenvalue weighted by Gasteiger charge is 2.13. The van der Waals surface area contributed by atoms with Gasteiger partial charge in [-0.2, -0.15) is 0 Å². The van der Waals surface area contributed by atoms with Crippen molar-refractivity contribution in [3.05, 3.63) is 59.4 Å². The number of aromatic nitrogens is 2. The summed E-state index contributed by atoms with van der Waals surface area (Å²) in [6.07, 6.45) is 2.99. The minimum Gasteiger partial charge on any atom is -0.389 e. The van der Waals surface area contributed by atoms with Crippen molar-refractivity contribution in [2.24, 2.45) is 0 Å². The Morgan fingerprint density at radius 1 is 1.25 bits per heavy atom. The fraction of sp³-hybridized carbons (Fsp3) is 0.222. The summed E-state index contributed by atoms with van der Waals surface area (Å²) in [5.74, 6) is -0.255. The van der Waals surface area contributed by atoms with Crippen molar-refractivity contribution in [3.63, 3.8) is 0 Å². The topological polar surface area (TPSA) is 62.4 Å². The van der Waals surface area contributed by atoms with Gasteiger partial charge in [-0.1, -0.05) is 24.3 Å². The normalized spacial score (nSPS) is 12.8. The van der Waals surface area contributed by atoms with E-state index < -0.39 is 6.10 Å². The lowest BCUT2D eigenvalue weighted by Gasteiger charge is -2.20. The van der Waals surface area contributed by atoms with Gasteiger partial charge in [0, 0.05) is 13.6 Å². The summed E-state index contributed by atoms with van der Waals surface area (Å²) >= 11 is 0. The van der Waals surface area contributed by atoms with Crippen LogP contribution in [0.3, 0.4) is 0 Å². The highest BCUT2D eigenvalue weighted by Crippen LogP contribution is 2.27. The minimum atomic E-state index is -0.531. The molecule has 2 aromatic carbocycles. The van der Waals surface area contributed by atoms with Crippen molar-refractivity contribution in [1.29, 1.82) is 0 Å². The molecule has 0 aliphatic carbocycles. The molecule has 5 nitrogen and oxygen atoms in total. The number of anilines is 1. The van der Waals surface area contributed by atoms with Gasteiger partial charge in [-0.3, -0.25) is 0 Å². The van der Waals surface area contributed by atoms with E-state index in [4.69, 9.17) is 4.63 Å². The van der Waals surface area contributed by atoms with Gasteiger partial charge in [-0.05, 0) is 52.6 Å². The standard InChI is InChI=1S/C18H18FN3O2/c1-12(23)3-4-14-9-16-18(21-24-20-16)17(10-14)22(2)11-13-5-7-15(19)8-6-13/h3-10,12,23H,11H2,1-2H3. The Bertz CT molecular complexity index is 856. The fourth-order valence-corrected chi connectivity index (χ4v) is 2.48.